The maximum absolute atomic E-state index is 13.5. The number of nitrogens with one attached hydrogen (secondary N) is 1. The number of pyridine rings is 1. The van der Waals surface area contributed by atoms with Crippen molar-refractivity contribution in [3.63, 3.8) is 0 Å². The van der Waals surface area contributed by atoms with E-state index >= 15 is 0 Å². The Labute approximate surface area is 285 Å². The molecule has 0 aliphatic rings. The average Bonchev–Trinajstić information content (AvgIpc) is 3.41. The number of carbonyl (C=O) groups excluding carboxylic acids is 4. The fraction of sp³-hybridized carbons (Fsp3) is 0.343. The number of hydrogen-bond donors (Lipinski definition) is 2. The standard InChI is InChI=1S/C28H31N7O3.C7H12O4/c1-4-38-26(36)14-16-35(24-7-5-6-15-31-24)28(37)20-10-13-23-22(17-20)33-25(34(23)3)18-32-21-11-8-19(9-12-21)27(29)30-2;1-7(2,3)6(9)11-5-10-4-8/h5-13,15,17,32H,4,14,16,18H2,1-3H3,(H2,29,30);4H,5H2,1-3H3. The molecule has 0 saturated carbocycles. The van der Waals surface area contributed by atoms with Crippen molar-refractivity contribution in [2.45, 2.75) is 40.7 Å². The first-order valence-corrected chi connectivity index (χ1v) is 15.5. The molecular formula is C35H43N7O7. The van der Waals surface area contributed by atoms with Crippen LogP contribution in [0.3, 0.4) is 0 Å². The zero-order valence-corrected chi connectivity index (χ0v) is 28.6. The van der Waals surface area contributed by atoms with Gasteiger partial charge < -0.3 is 29.8 Å². The third-order valence-electron chi connectivity index (χ3n) is 7.05. The van der Waals surface area contributed by atoms with Gasteiger partial charge in [-0.2, -0.15) is 0 Å². The first-order chi connectivity index (χ1) is 23.4. The van der Waals surface area contributed by atoms with Gasteiger partial charge in [0.25, 0.3) is 12.4 Å². The topological polar surface area (TPSA) is 180 Å². The van der Waals surface area contributed by atoms with Crippen molar-refractivity contribution in [2.75, 3.05) is 37.2 Å². The number of fused-ring (bicyclic) bond motifs is 1. The van der Waals surface area contributed by atoms with E-state index < -0.39 is 5.41 Å². The molecule has 14 heteroatoms. The Hall–Kier alpha value is -5.79. The van der Waals surface area contributed by atoms with E-state index in [9.17, 15) is 19.2 Å². The molecule has 1 amide bonds. The van der Waals surface area contributed by atoms with Crippen LogP contribution in [-0.4, -0.2) is 71.7 Å². The normalized spacial score (nSPS) is 11.2. The van der Waals surface area contributed by atoms with Crippen molar-refractivity contribution in [1.82, 2.24) is 14.5 Å². The number of aromatic nitrogens is 3. The number of aryl methyl sites for hydroxylation is 1. The number of ether oxygens (including phenoxy) is 3. The maximum atomic E-state index is 13.5. The van der Waals surface area contributed by atoms with Gasteiger partial charge in [0, 0.05) is 43.7 Å². The summed E-state index contributed by atoms with van der Waals surface area (Å²) in [4.78, 5) is 60.6. The molecule has 0 spiro atoms. The highest BCUT2D eigenvalue weighted by atomic mass is 16.7. The van der Waals surface area contributed by atoms with E-state index in [-0.39, 0.29) is 50.7 Å². The van der Waals surface area contributed by atoms with Gasteiger partial charge in [0.05, 0.1) is 36.0 Å². The molecule has 260 valence electrons. The van der Waals surface area contributed by atoms with Crippen molar-refractivity contribution in [1.29, 1.82) is 0 Å². The first-order valence-electron chi connectivity index (χ1n) is 15.5. The number of benzene rings is 2. The van der Waals surface area contributed by atoms with Crippen molar-refractivity contribution in [2.24, 2.45) is 23.2 Å². The lowest BCUT2D eigenvalue weighted by Gasteiger charge is -2.21. The monoisotopic (exact) mass is 673 g/mol. The molecular weight excluding hydrogens is 630 g/mol. The minimum Gasteiger partial charge on any atom is -0.466 e. The second-order valence-electron chi connectivity index (χ2n) is 11.6. The van der Waals surface area contributed by atoms with Crippen LogP contribution >= 0.6 is 0 Å². The minimum atomic E-state index is -0.549. The summed E-state index contributed by atoms with van der Waals surface area (Å²) in [5.41, 5.74) is 9.15. The Morgan fingerprint density at radius 1 is 1.04 bits per heavy atom. The SMILES string of the molecule is CC(C)(C)C(=O)OCOC=O.CCOC(=O)CCN(C(=O)c1ccc2c(c1)nc(CNc1ccc(C(N)=NC)cc1)n2C)c1ccccn1. The number of imidazole rings is 1. The van der Waals surface area contributed by atoms with E-state index in [0.29, 0.717) is 29.3 Å². The number of hydrogen-bond acceptors (Lipinski definition) is 11. The van der Waals surface area contributed by atoms with Gasteiger partial charge in [0.1, 0.15) is 17.5 Å². The molecule has 0 aliphatic carbocycles. The lowest BCUT2D eigenvalue weighted by Crippen LogP contribution is -2.34. The van der Waals surface area contributed by atoms with Crippen LogP contribution in [0.15, 0.2) is 71.9 Å². The molecule has 2 aromatic carbocycles. The predicted molar refractivity (Wildman–Crippen MR) is 186 cm³/mol. The molecule has 2 heterocycles. The largest absolute Gasteiger partial charge is 0.466 e. The van der Waals surface area contributed by atoms with Crippen molar-refractivity contribution < 1.29 is 33.4 Å². The van der Waals surface area contributed by atoms with Gasteiger partial charge in [-0.1, -0.05) is 6.07 Å². The summed E-state index contributed by atoms with van der Waals surface area (Å²) in [6, 6.07) is 18.4. The molecule has 2 aromatic heterocycles. The van der Waals surface area contributed by atoms with E-state index in [1.54, 1.807) is 71.3 Å². The van der Waals surface area contributed by atoms with Crippen molar-refractivity contribution in [3.8, 4) is 0 Å². The molecule has 0 bridgehead atoms. The van der Waals surface area contributed by atoms with Gasteiger partial charge in [-0.15, -0.1) is 0 Å². The lowest BCUT2D eigenvalue weighted by molar-refractivity contribution is -0.167. The fourth-order valence-electron chi connectivity index (χ4n) is 4.37. The van der Waals surface area contributed by atoms with Crippen molar-refractivity contribution in [3.05, 3.63) is 83.8 Å². The second kappa shape index (κ2) is 17.9. The third-order valence-corrected chi connectivity index (χ3v) is 7.05. The minimum absolute atomic E-state index is 0.0661. The third kappa shape index (κ3) is 10.9. The highest BCUT2D eigenvalue weighted by Gasteiger charge is 2.23. The molecule has 0 saturated heterocycles. The summed E-state index contributed by atoms with van der Waals surface area (Å²) in [6.45, 7) is 7.76. The summed E-state index contributed by atoms with van der Waals surface area (Å²) in [6.07, 6.45) is 1.68. The summed E-state index contributed by atoms with van der Waals surface area (Å²) in [5, 5.41) is 3.37. The zero-order chi connectivity index (χ0) is 36.0. The van der Waals surface area contributed by atoms with Crippen molar-refractivity contribution >= 4 is 52.7 Å². The predicted octanol–water partition coefficient (Wildman–Crippen LogP) is 4.22. The molecule has 0 unspecified atom stereocenters. The van der Waals surface area contributed by atoms with Gasteiger partial charge in [0.2, 0.25) is 6.79 Å². The number of nitrogens with zero attached hydrogens (tertiary/aromatic N) is 5. The molecule has 0 radical (unpaired) electrons. The van der Waals surface area contributed by atoms with Crippen LogP contribution in [0.5, 0.6) is 0 Å². The van der Waals surface area contributed by atoms with Gasteiger partial charge in [-0.05, 0) is 82.3 Å². The number of esters is 2. The molecule has 4 rings (SSSR count). The highest BCUT2D eigenvalue weighted by molar-refractivity contribution is 6.07. The van der Waals surface area contributed by atoms with E-state index in [1.165, 1.54) is 4.90 Å². The Kier molecular flexibility index (Phi) is 13.8. The number of carbonyl (C=O) groups is 4. The highest BCUT2D eigenvalue weighted by Crippen LogP contribution is 2.21. The van der Waals surface area contributed by atoms with Crippen LogP contribution in [0.4, 0.5) is 11.5 Å². The van der Waals surface area contributed by atoms with Gasteiger partial charge in [-0.3, -0.25) is 29.1 Å². The number of amidine groups is 1. The Morgan fingerprint density at radius 3 is 2.37 bits per heavy atom. The van der Waals surface area contributed by atoms with Gasteiger partial charge in [-0.25, -0.2) is 9.97 Å². The van der Waals surface area contributed by atoms with Crippen LogP contribution in [0.25, 0.3) is 11.0 Å². The summed E-state index contributed by atoms with van der Waals surface area (Å²) in [5.74, 6) is 0.738. The van der Waals surface area contributed by atoms with Gasteiger partial charge >= 0.3 is 11.9 Å². The molecule has 49 heavy (non-hydrogen) atoms. The van der Waals surface area contributed by atoms with Crippen LogP contribution in [0, 0.1) is 5.41 Å². The smallest absolute Gasteiger partial charge is 0.314 e. The maximum Gasteiger partial charge on any atom is 0.314 e. The number of amides is 1. The Balaban J connectivity index is 0.000000509. The van der Waals surface area contributed by atoms with Crippen LogP contribution in [0.2, 0.25) is 0 Å². The number of nitrogens with two attached hydrogens (primary N) is 1. The zero-order valence-electron chi connectivity index (χ0n) is 28.6. The number of aliphatic imine (C=N–C) groups is 1. The molecule has 14 nitrogen and oxygen atoms in total. The quantitative estimate of drug-likeness (QED) is 0.0518. The Bertz CT molecular complexity index is 1750. The fourth-order valence-corrected chi connectivity index (χ4v) is 4.37. The molecule has 3 N–H and O–H groups in total. The van der Waals surface area contributed by atoms with Gasteiger partial charge in [0.15, 0.2) is 0 Å². The molecule has 0 atom stereocenters. The first kappa shape index (κ1) is 37.7. The average molecular weight is 674 g/mol. The van der Waals surface area contributed by atoms with E-state index in [2.05, 4.69) is 24.8 Å². The molecule has 4 aromatic rings. The number of anilines is 2. The van der Waals surface area contributed by atoms with E-state index in [0.717, 1.165) is 22.6 Å². The summed E-state index contributed by atoms with van der Waals surface area (Å²) in [7, 11) is 3.60. The molecule has 0 fully saturated rings. The summed E-state index contributed by atoms with van der Waals surface area (Å²) >= 11 is 0. The summed E-state index contributed by atoms with van der Waals surface area (Å²) < 4.78 is 15.8. The Morgan fingerprint density at radius 2 is 1.76 bits per heavy atom. The number of rotatable bonds is 13. The second-order valence-corrected chi connectivity index (χ2v) is 11.6. The van der Waals surface area contributed by atoms with E-state index in [1.807, 2.05) is 41.9 Å². The van der Waals surface area contributed by atoms with Crippen LogP contribution in [0.1, 0.15) is 55.9 Å². The van der Waals surface area contributed by atoms with E-state index in [4.69, 9.17) is 15.5 Å². The lowest BCUT2D eigenvalue weighted by atomic mass is 9.98. The van der Waals surface area contributed by atoms with Crippen LogP contribution in [-0.2, 0) is 42.2 Å². The van der Waals surface area contributed by atoms with Crippen LogP contribution < -0.4 is 16.0 Å². The molecule has 0 aliphatic heterocycles.